The third kappa shape index (κ3) is 13.5. The monoisotopic (exact) mass is 329 g/mol. The van der Waals surface area contributed by atoms with Crippen LogP contribution in [0.5, 0.6) is 0 Å². The Morgan fingerprint density at radius 1 is 0.957 bits per heavy atom. The zero-order valence-electron chi connectivity index (χ0n) is 15.6. The van der Waals surface area contributed by atoms with Gasteiger partial charge in [-0.15, -0.1) is 0 Å². The fourth-order valence-electron chi connectivity index (χ4n) is 3.07. The molecule has 138 valence electrons. The average molecular weight is 330 g/mol. The van der Waals surface area contributed by atoms with E-state index in [-0.39, 0.29) is 19.2 Å². The highest BCUT2D eigenvalue weighted by Gasteiger charge is 2.20. The summed E-state index contributed by atoms with van der Waals surface area (Å²) in [5, 5.41) is 18.6. The summed E-state index contributed by atoms with van der Waals surface area (Å²) in [6.07, 6.45) is 12.2. The van der Waals surface area contributed by atoms with Gasteiger partial charge in [0.15, 0.2) is 0 Å². The van der Waals surface area contributed by atoms with Crippen molar-refractivity contribution in [3.63, 3.8) is 0 Å². The predicted molar refractivity (Wildman–Crippen MR) is 96.8 cm³/mol. The molecule has 0 unspecified atom stereocenters. The number of unbranched alkanes of at least 4 members (excludes halogenated alkanes) is 8. The summed E-state index contributed by atoms with van der Waals surface area (Å²) in [4.78, 5) is 13.0. The van der Waals surface area contributed by atoms with Crippen LogP contribution < -0.4 is 0 Å². The molecule has 0 aromatic heterocycles. The third-order valence-electron chi connectivity index (χ3n) is 4.36. The Kier molecular flexibility index (Phi) is 14.6. The molecule has 0 bridgehead atoms. The van der Waals surface area contributed by atoms with Gasteiger partial charge in [-0.2, -0.15) is 0 Å². The van der Waals surface area contributed by atoms with Crippen LogP contribution in [-0.2, 0) is 4.79 Å². The van der Waals surface area contributed by atoms with Crippen LogP contribution in [0.1, 0.15) is 85.0 Å². The van der Waals surface area contributed by atoms with Crippen molar-refractivity contribution in [1.29, 1.82) is 0 Å². The maximum absolute atomic E-state index is 11.1. The van der Waals surface area contributed by atoms with Gasteiger partial charge in [-0.3, -0.25) is 9.69 Å². The molecular weight excluding hydrogens is 290 g/mol. The SMILES string of the molecule is CCCCCCCCCCCN(CC(=O)O)[C@H](CO)CC(C)C. The maximum Gasteiger partial charge on any atom is 0.317 e. The van der Waals surface area contributed by atoms with Gasteiger partial charge in [0.2, 0.25) is 0 Å². The van der Waals surface area contributed by atoms with Crippen molar-refractivity contribution in [2.75, 3.05) is 19.7 Å². The Balaban J connectivity index is 3.94. The Bertz CT molecular complexity index is 282. The van der Waals surface area contributed by atoms with Crippen molar-refractivity contribution < 1.29 is 15.0 Å². The first-order valence-electron chi connectivity index (χ1n) is 9.57. The molecule has 0 aromatic rings. The van der Waals surface area contributed by atoms with Crippen LogP contribution in [-0.4, -0.2) is 46.8 Å². The third-order valence-corrected chi connectivity index (χ3v) is 4.36. The first-order valence-corrected chi connectivity index (χ1v) is 9.57. The Morgan fingerprint density at radius 2 is 1.48 bits per heavy atom. The number of carbonyl (C=O) groups is 1. The molecule has 0 aromatic carbocycles. The molecule has 2 N–H and O–H groups in total. The number of hydrogen-bond donors (Lipinski definition) is 2. The number of aliphatic hydroxyl groups is 1. The number of hydrogen-bond acceptors (Lipinski definition) is 3. The van der Waals surface area contributed by atoms with Gasteiger partial charge in [0.25, 0.3) is 0 Å². The fourth-order valence-corrected chi connectivity index (χ4v) is 3.07. The number of rotatable bonds is 16. The average Bonchev–Trinajstić information content (AvgIpc) is 2.49. The largest absolute Gasteiger partial charge is 0.480 e. The molecule has 0 radical (unpaired) electrons. The minimum Gasteiger partial charge on any atom is -0.480 e. The van der Waals surface area contributed by atoms with Crippen molar-refractivity contribution >= 4 is 5.97 Å². The second kappa shape index (κ2) is 14.9. The Labute approximate surface area is 143 Å². The van der Waals surface area contributed by atoms with E-state index in [1.807, 2.05) is 4.90 Å². The lowest BCUT2D eigenvalue weighted by molar-refractivity contribution is -0.139. The molecule has 0 aliphatic rings. The zero-order chi connectivity index (χ0) is 17.5. The van der Waals surface area contributed by atoms with Crippen molar-refractivity contribution in [3.05, 3.63) is 0 Å². The van der Waals surface area contributed by atoms with Gasteiger partial charge in [0, 0.05) is 6.04 Å². The van der Waals surface area contributed by atoms with Gasteiger partial charge in [-0.1, -0.05) is 72.1 Å². The summed E-state index contributed by atoms with van der Waals surface area (Å²) in [5.41, 5.74) is 0. The van der Waals surface area contributed by atoms with Gasteiger partial charge >= 0.3 is 5.97 Å². The van der Waals surface area contributed by atoms with Crippen LogP contribution in [0.3, 0.4) is 0 Å². The molecule has 4 heteroatoms. The van der Waals surface area contributed by atoms with Crippen LogP contribution in [0.2, 0.25) is 0 Å². The molecule has 0 aliphatic carbocycles. The van der Waals surface area contributed by atoms with Gasteiger partial charge < -0.3 is 10.2 Å². The molecule has 0 aliphatic heterocycles. The van der Waals surface area contributed by atoms with E-state index in [1.165, 1.54) is 44.9 Å². The van der Waals surface area contributed by atoms with E-state index in [0.29, 0.717) is 5.92 Å². The van der Waals surface area contributed by atoms with E-state index in [9.17, 15) is 9.90 Å². The predicted octanol–water partition coefficient (Wildman–Crippen LogP) is 4.31. The van der Waals surface area contributed by atoms with Gasteiger partial charge in [0.1, 0.15) is 0 Å². The van der Waals surface area contributed by atoms with Crippen molar-refractivity contribution in [1.82, 2.24) is 4.90 Å². The lowest BCUT2D eigenvalue weighted by Gasteiger charge is -2.30. The first kappa shape index (κ1) is 22.4. The molecule has 23 heavy (non-hydrogen) atoms. The van der Waals surface area contributed by atoms with Crippen molar-refractivity contribution in [2.45, 2.75) is 91.0 Å². The van der Waals surface area contributed by atoms with Crippen LogP contribution in [0.25, 0.3) is 0 Å². The lowest BCUT2D eigenvalue weighted by atomic mass is 10.0. The molecule has 0 amide bonds. The molecule has 0 fully saturated rings. The Hall–Kier alpha value is -0.610. The number of aliphatic carboxylic acids is 1. The van der Waals surface area contributed by atoms with Crippen molar-refractivity contribution in [2.24, 2.45) is 5.92 Å². The smallest absolute Gasteiger partial charge is 0.317 e. The molecule has 4 nitrogen and oxygen atoms in total. The Morgan fingerprint density at radius 3 is 1.91 bits per heavy atom. The van der Waals surface area contributed by atoms with E-state index >= 15 is 0 Å². The fraction of sp³-hybridized carbons (Fsp3) is 0.947. The van der Waals surface area contributed by atoms with E-state index < -0.39 is 5.97 Å². The maximum atomic E-state index is 11.1. The normalized spacial score (nSPS) is 13.0. The highest BCUT2D eigenvalue weighted by Crippen LogP contribution is 2.14. The zero-order valence-corrected chi connectivity index (χ0v) is 15.6. The van der Waals surface area contributed by atoms with Gasteiger partial charge in [-0.25, -0.2) is 0 Å². The van der Waals surface area contributed by atoms with Crippen LogP contribution in [0.15, 0.2) is 0 Å². The summed E-state index contributed by atoms with van der Waals surface area (Å²) in [7, 11) is 0. The molecular formula is C19H39NO3. The number of nitrogens with zero attached hydrogens (tertiary/aromatic N) is 1. The number of aliphatic hydroxyl groups excluding tert-OH is 1. The molecule has 1 atom stereocenters. The minimum absolute atomic E-state index is 0.0276. The molecule has 0 saturated carbocycles. The van der Waals surface area contributed by atoms with Gasteiger partial charge in [-0.05, 0) is 25.3 Å². The highest BCUT2D eigenvalue weighted by atomic mass is 16.4. The molecule has 0 spiro atoms. The van der Waals surface area contributed by atoms with Crippen LogP contribution >= 0.6 is 0 Å². The summed E-state index contributed by atoms with van der Waals surface area (Å²) in [6, 6.07) is -0.0276. The quantitative estimate of drug-likeness (QED) is 0.414. The second-order valence-electron chi connectivity index (χ2n) is 7.16. The van der Waals surface area contributed by atoms with E-state index in [1.54, 1.807) is 0 Å². The second-order valence-corrected chi connectivity index (χ2v) is 7.16. The van der Waals surface area contributed by atoms with E-state index in [2.05, 4.69) is 20.8 Å². The summed E-state index contributed by atoms with van der Waals surface area (Å²) in [5.74, 6) is -0.338. The highest BCUT2D eigenvalue weighted by molar-refractivity contribution is 5.69. The molecule has 0 rings (SSSR count). The van der Waals surface area contributed by atoms with Crippen LogP contribution in [0.4, 0.5) is 0 Å². The van der Waals surface area contributed by atoms with E-state index in [0.717, 1.165) is 25.8 Å². The summed E-state index contributed by atoms with van der Waals surface area (Å²) < 4.78 is 0. The number of carboxylic acids is 1. The molecule has 0 saturated heterocycles. The summed E-state index contributed by atoms with van der Waals surface area (Å²) in [6.45, 7) is 7.32. The minimum atomic E-state index is -0.803. The van der Waals surface area contributed by atoms with Crippen LogP contribution in [0, 0.1) is 5.92 Å². The standard InChI is InChI=1S/C19H39NO3/c1-4-5-6-7-8-9-10-11-12-13-20(15-19(22)23)18(16-21)14-17(2)3/h17-18,21H,4-16H2,1-3H3,(H,22,23)/t18-/m0/s1. The summed E-state index contributed by atoms with van der Waals surface area (Å²) >= 11 is 0. The van der Waals surface area contributed by atoms with Crippen molar-refractivity contribution in [3.8, 4) is 0 Å². The lowest BCUT2D eigenvalue weighted by Crippen LogP contribution is -2.42. The topological polar surface area (TPSA) is 60.8 Å². The van der Waals surface area contributed by atoms with Gasteiger partial charge in [0.05, 0.1) is 13.2 Å². The number of carboxylic acid groups (broad SMARTS) is 1. The molecule has 0 heterocycles. The van der Waals surface area contributed by atoms with E-state index in [4.69, 9.17) is 5.11 Å². The first-order chi connectivity index (χ1) is 11.0.